The number of rotatable bonds is 7. The van der Waals surface area contributed by atoms with Crippen LogP contribution < -0.4 is 0 Å². The molecular formula is C17H29N5O2. The molecule has 2 aliphatic heterocycles. The summed E-state index contributed by atoms with van der Waals surface area (Å²) in [5.41, 5.74) is 0. The minimum atomic E-state index is 0.330. The number of aromatic nitrogens is 2. The van der Waals surface area contributed by atoms with Crippen LogP contribution in [0.3, 0.4) is 0 Å². The molecule has 0 N–H and O–H groups in total. The fourth-order valence-electron chi connectivity index (χ4n) is 3.77. The van der Waals surface area contributed by atoms with E-state index in [9.17, 15) is 4.79 Å². The van der Waals surface area contributed by atoms with E-state index in [1.807, 2.05) is 11.8 Å². The van der Waals surface area contributed by atoms with Crippen molar-refractivity contribution in [3.05, 3.63) is 11.7 Å². The maximum atomic E-state index is 11.7. The summed E-state index contributed by atoms with van der Waals surface area (Å²) >= 11 is 0. The summed E-state index contributed by atoms with van der Waals surface area (Å²) in [7, 11) is 2.21. The standard InChI is InChI=1S/C17H29N5O2/c1-14-18-16(19-24-14)13-21-9-3-6-15(12-21)20(2)8-5-11-22-10-4-7-17(22)23/h15H,3-13H2,1-2H3/t15-/m0/s1. The van der Waals surface area contributed by atoms with Gasteiger partial charge in [-0.2, -0.15) is 4.98 Å². The van der Waals surface area contributed by atoms with Gasteiger partial charge in [-0.15, -0.1) is 0 Å². The van der Waals surface area contributed by atoms with Crippen LogP contribution in [0.2, 0.25) is 0 Å². The van der Waals surface area contributed by atoms with Crippen molar-refractivity contribution >= 4 is 5.91 Å². The molecule has 3 rings (SSSR count). The van der Waals surface area contributed by atoms with E-state index in [-0.39, 0.29) is 0 Å². The second-order valence-corrected chi connectivity index (χ2v) is 7.08. The lowest BCUT2D eigenvalue weighted by atomic mass is 10.0. The molecule has 0 bridgehead atoms. The zero-order valence-corrected chi connectivity index (χ0v) is 14.9. The first-order valence-electron chi connectivity index (χ1n) is 9.11. The van der Waals surface area contributed by atoms with Crippen molar-refractivity contribution in [2.24, 2.45) is 0 Å². The molecule has 7 nitrogen and oxygen atoms in total. The SMILES string of the molecule is Cc1nc(CN2CCC[C@H](N(C)CCCN3CCCC3=O)C2)no1. The molecule has 1 aromatic rings. The average molecular weight is 335 g/mol. The summed E-state index contributed by atoms with van der Waals surface area (Å²) in [5.74, 6) is 1.74. The highest BCUT2D eigenvalue weighted by atomic mass is 16.5. The number of likely N-dealkylation sites (N-methyl/N-ethyl adjacent to an activating group) is 1. The zero-order valence-electron chi connectivity index (χ0n) is 14.9. The number of nitrogens with zero attached hydrogens (tertiary/aromatic N) is 5. The largest absolute Gasteiger partial charge is 0.343 e. The van der Waals surface area contributed by atoms with Gasteiger partial charge in [-0.25, -0.2) is 0 Å². The Balaban J connectivity index is 1.41. The van der Waals surface area contributed by atoms with Crippen molar-refractivity contribution in [2.75, 3.05) is 39.8 Å². The van der Waals surface area contributed by atoms with Crippen molar-refractivity contribution in [3.63, 3.8) is 0 Å². The van der Waals surface area contributed by atoms with Gasteiger partial charge in [0.25, 0.3) is 0 Å². The molecule has 24 heavy (non-hydrogen) atoms. The fraction of sp³-hybridized carbons (Fsp3) is 0.824. The van der Waals surface area contributed by atoms with E-state index in [0.717, 1.165) is 64.4 Å². The van der Waals surface area contributed by atoms with Gasteiger partial charge in [0.2, 0.25) is 11.8 Å². The lowest BCUT2D eigenvalue weighted by Gasteiger charge is -2.37. The third-order valence-electron chi connectivity index (χ3n) is 5.15. The lowest BCUT2D eigenvalue weighted by molar-refractivity contribution is -0.127. The molecule has 0 radical (unpaired) electrons. The van der Waals surface area contributed by atoms with Crippen LogP contribution in [0, 0.1) is 6.92 Å². The van der Waals surface area contributed by atoms with Gasteiger partial charge < -0.3 is 14.3 Å². The summed E-state index contributed by atoms with van der Waals surface area (Å²) in [6, 6.07) is 0.570. The van der Waals surface area contributed by atoms with Gasteiger partial charge in [0.1, 0.15) is 0 Å². The Morgan fingerprint density at radius 3 is 2.92 bits per heavy atom. The molecule has 134 valence electrons. The van der Waals surface area contributed by atoms with E-state index in [1.54, 1.807) is 0 Å². The number of hydrogen-bond acceptors (Lipinski definition) is 6. The van der Waals surface area contributed by atoms with E-state index in [2.05, 4.69) is 27.0 Å². The molecule has 1 amide bonds. The lowest BCUT2D eigenvalue weighted by Crippen LogP contribution is -2.46. The van der Waals surface area contributed by atoms with Crippen LogP contribution in [0.25, 0.3) is 0 Å². The quantitative estimate of drug-likeness (QED) is 0.748. The van der Waals surface area contributed by atoms with Crippen LogP contribution in [0.4, 0.5) is 0 Å². The monoisotopic (exact) mass is 335 g/mol. The number of aryl methyl sites for hydroxylation is 1. The van der Waals surface area contributed by atoms with Crippen molar-refractivity contribution in [1.29, 1.82) is 0 Å². The van der Waals surface area contributed by atoms with Gasteiger partial charge in [-0.05, 0) is 45.8 Å². The van der Waals surface area contributed by atoms with Gasteiger partial charge >= 0.3 is 0 Å². The van der Waals surface area contributed by atoms with Gasteiger partial charge in [0.05, 0.1) is 6.54 Å². The molecule has 2 fully saturated rings. The topological polar surface area (TPSA) is 65.7 Å². The summed E-state index contributed by atoms with van der Waals surface area (Å²) < 4.78 is 5.06. The van der Waals surface area contributed by atoms with Crippen LogP contribution in [0.5, 0.6) is 0 Å². The number of amides is 1. The Bertz CT molecular complexity index is 547. The molecule has 1 atom stereocenters. The van der Waals surface area contributed by atoms with Gasteiger partial charge in [0.15, 0.2) is 5.82 Å². The average Bonchev–Trinajstić information content (AvgIpc) is 3.16. The van der Waals surface area contributed by atoms with Gasteiger partial charge in [0, 0.05) is 39.0 Å². The first-order chi connectivity index (χ1) is 11.6. The Hall–Kier alpha value is -1.47. The molecule has 0 spiro atoms. The van der Waals surface area contributed by atoms with E-state index < -0.39 is 0 Å². The summed E-state index contributed by atoms with van der Waals surface area (Å²) in [6.45, 7) is 7.64. The van der Waals surface area contributed by atoms with Crippen LogP contribution in [-0.4, -0.2) is 76.6 Å². The Labute approximate surface area is 144 Å². The van der Waals surface area contributed by atoms with Crippen LogP contribution >= 0.6 is 0 Å². The van der Waals surface area contributed by atoms with Gasteiger partial charge in [-0.3, -0.25) is 9.69 Å². The van der Waals surface area contributed by atoms with E-state index in [4.69, 9.17) is 4.52 Å². The molecular weight excluding hydrogens is 306 g/mol. The molecule has 7 heteroatoms. The van der Waals surface area contributed by atoms with Crippen molar-refractivity contribution < 1.29 is 9.32 Å². The number of carbonyl (C=O) groups is 1. The molecule has 3 heterocycles. The molecule has 0 saturated carbocycles. The summed E-state index contributed by atoms with van der Waals surface area (Å²) in [6.07, 6.45) is 5.27. The number of likely N-dealkylation sites (tertiary alicyclic amines) is 2. The minimum Gasteiger partial charge on any atom is -0.343 e. The summed E-state index contributed by atoms with van der Waals surface area (Å²) in [5, 5.41) is 4.00. The molecule has 2 aliphatic rings. The zero-order chi connectivity index (χ0) is 16.9. The predicted molar refractivity (Wildman–Crippen MR) is 90.4 cm³/mol. The van der Waals surface area contributed by atoms with Crippen molar-refractivity contribution in [1.82, 2.24) is 24.8 Å². The van der Waals surface area contributed by atoms with Crippen molar-refractivity contribution in [3.8, 4) is 0 Å². The third kappa shape index (κ3) is 4.54. The molecule has 2 saturated heterocycles. The third-order valence-corrected chi connectivity index (χ3v) is 5.15. The maximum Gasteiger partial charge on any atom is 0.223 e. The minimum absolute atomic E-state index is 0.330. The number of carbonyl (C=O) groups excluding carboxylic acids is 1. The number of hydrogen-bond donors (Lipinski definition) is 0. The second-order valence-electron chi connectivity index (χ2n) is 7.08. The highest BCUT2D eigenvalue weighted by Crippen LogP contribution is 2.17. The Morgan fingerprint density at radius 2 is 2.21 bits per heavy atom. The first kappa shape index (κ1) is 17.4. The van der Waals surface area contributed by atoms with E-state index in [0.29, 0.717) is 17.8 Å². The normalized spacial score (nSPS) is 22.7. The van der Waals surface area contributed by atoms with Gasteiger partial charge in [-0.1, -0.05) is 5.16 Å². The van der Waals surface area contributed by atoms with Crippen molar-refractivity contribution in [2.45, 2.75) is 51.6 Å². The highest BCUT2D eigenvalue weighted by molar-refractivity contribution is 5.77. The van der Waals surface area contributed by atoms with E-state index >= 15 is 0 Å². The van der Waals surface area contributed by atoms with Crippen LogP contribution in [0.1, 0.15) is 43.8 Å². The highest BCUT2D eigenvalue weighted by Gasteiger charge is 2.25. The fourth-order valence-corrected chi connectivity index (χ4v) is 3.77. The number of piperidine rings is 1. The first-order valence-corrected chi connectivity index (χ1v) is 9.11. The predicted octanol–water partition coefficient (Wildman–Crippen LogP) is 1.29. The van der Waals surface area contributed by atoms with Crippen LogP contribution in [0.15, 0.2) is 4.52 Å². The smallest absolute Gasteiger partial charge is 0.223 e. The van der Waals surface area contributed by atoms with E-state index in [1.165, 1.54) is 12.8 Å². The molecule has 0 aromatic carbocycles. The van der Waals surface area contributed by atoms with Crippen LogP contribution in [-0.2, 0) is 11.3 Å². The maximum absolute atomic E-state index is 11.7. The Kier molecular flexibility index (Phi) is 5.84. The molecule has 0 aliphatic carbocycles. The molecule has 1 aromatic heterocycles. The summed E-state index contributed by atoms with van der Waals surface area (Å²) in [4.78, 5) is 22.8. The Morgan fingerprint density at radius 1 is 1.33 bits per heavy atom. The molecule has 0 unspecified atom stereocenters. The second kappa shape index (κ2) is 8.07.